The molecule has 0 saturated carbocycles. The molecule has 2 aromatic carbocycles. The van der Waals surface area contributed by atoms with Crippen LogP contribution < -0.4 is 4.74 Å². The molecule has 0 bridgehead atoms. The molecule has 0 heterocycles. The van der Waals surface area contributed by atoms with Gasteiger partial charge >= 0.3 is 5.97 Å². The van der Waals surface area contributed by atoms with Crippen LogP contribution >= 0.6 is 0 Å². The summed E-state index contributed by atoms with van der Waals surface area (Å²) in [6, 6.07) is 15.2. The highest BCUT2D eigenvalue weighted by Gasteiger charge is 2.08. The zero-order chi connectivity index (χ0) is 15.9. The standard InChI is InChI=1S/C19H22O3/c1-14(2)12-22-19(20)16-8-10-18(11-9-16)21-13-17-7-5-4-6-15(17)3/h4-11,14H,12-13H2,1-3H3. The number of esters is 1. The maximum Gasteiger partial charge on any atom is 0.338 e. The summed E-state index contributed by atoms with van der Waals surface area (Å²) in [5.41, 5.74) is 2.91. The molecule has 0 aliphatic heterocycles. The highest BCUT2D eigenvalue weighted by Crippen LogP contribution is 2.16. The van der Waals surface area contributed by atoms with Gasteiger partial charge in [-0.15, -0.1) is 0 Å². The summed E-state index contributed by atoms with van der Waals surface area (Å²) in [5, 5.41) is 0. The smallest absolute Gasteiger partial charge is 0.338 e. The molecule has 3 nitrogen and oxygen atoms in total. The minimum absolute atomic E-state index is 0.292. The Morgan fingerprint density at radius 1 is 1.05 bits per heavy atom. The van der Waals surface area contributed by atoms with Crippen molar-refractivity contribution in [2.24, 2.45) is 5.92 Å². The summed E-state index contributed by atoms with van der Waals surface area (Å²) >= 11 is 0. The van der Waals surface area contributed by atoms with E-state index >= 15 is 0 Å². The van der Waals surface area contributed by atoms with Crippen molar-refractivity contribution in [3.05, 3.63) is 65.2 Å². The van der Waals surface area contributed by atoms with Crippen LogP contribution in [0.5, 0.6) is 5.75 Å². The summed E-state index contributed by atoms with van der Waals surface area (Å²) in [7, 11) is 0. The average molecular weight is 298 g/mol. The first-order valence-electron chi connectivity index (χ1n) is 7.50. The molecule has 2 aromatic rings. The maximum atomic E-state index is 11.8. The van der Waals surface area contributed by atoms with E-state index in [0.29, 0.717) is 24.7 Å². The summed E-state index contributed by atoms with van der Waals surface area (Å²) < 4.78 is 10.9. The van der Waals surface area contributed by atoms with Crippen LogP contribution in [0.1, 0.15) is 35.3 Å². The highest BCUT2D eigenvalue weighted by atomic mass is 16.5. The second-order valence-corrected chi connectivity index (χ2v) is 5.73. The molecule has 0 spiro atoms. The molecule has 0 unspecified atom stereocenters. The lowest BCUT2D eigenvalue weighted by atomic mass is 10.1. The van der Waals surface area contributed by atoms with E-state index in [9.17, 15) is 4.79 Å². The van der Waals surface area contributed by atoms with Crippen molar-refractivity contribution in [3.63, 3.8) is 0 Å². The van der Waals surface area contributed by atoms with Crippen molar-refractivity contribution in [1.82, 2.24) is 0 Å². The van der Waals surface area contributed by atoms with Gasteiger partial charge in [0.25, 0.3) is 0 Å². The summed E-state index contributed by atoms with van der Waals surface area (Å²) in [4.78, 5) is 11.8. The molecule has 0 saturated heterocycles. The average Bonchev–Trinajstić information content (AvgIpc) is 2.52. The van der Waals surface area contributed by atoms with Crippen LogP contribution in [0.2, 0.25) is 0 Å². The highest BCUT2D eigenvalue weighted by molar-refractivity contribution is 5.89. The summed E-state index contributed by atoms with van der Waals surface area (Å²) in [6.07, 6.45) is 0. The van der Waals surface area contributed by atoms with E-state index in [1.807, 2.05) is 32.0 Å². The van der Waals surface area contributed by atoms with E-state index in [4.69, 9.17) is 9.47 Å². The first-order valence-corrected chi connectivity index (χ1v) is 7.50. The van der Waals surface area contributed by atoms with E-state index in [2.05, 4.69) is 13.0 Å². The molecule has 0 aliphatic rings. The lowest BCUT2D eigenvalue weighted by molar-refractivity contribution is 0.0459. The van der Waals surface area contributed by atoms with Crippen molar-refractivity contribution in [2.75, 3.05) is 6.61 Å². The Hall–Kier alpha value is -2.29. The van der Waals surface area contributed by atoms with E-state index in [0.717, 1.165) is 11.3 Å². The Kier molecular flexibility index (Phi) is 5.59. The fraction of sp³-hybridized carbons (Fsp3) is 0.316. The van der Waals surface area contributed by atoms with Crippen LogP contribution in [0, 0.1) is 12.8 Å². The number of rotatable bonds is 6. The van der Waals surface area contributed by atoms with Gasteiger partial charge in [-0.2, -0.15) is 0 Å². The van der Waals surface area contributed by atoms with E-state index < -0.39 is 0 Å². The number of carbonyl (C=O) groups excluding carboxylic acids is 1. The Morgan fingerprint density at radius 2 is 1.73 bits per heavy atom. The maximum absolute atomic E-state index is 11.8. The van der Waals surface area contributed by atoms with Gasteiger partial charge in [-0.25, -0.2) is 4.79 Å². The normalized spacial score (nSPS) is 10.5. The van der Waals surface area contributed by atoms with Crippen LogP contribution in [0.25, 0.3) is 0 Å². The summed E-state index contributed by atoms with van der Waals surface area (Å²) in [5.74, 6) is 0.781. The fourth-order valence-electron chi connectivity index (χ4n) is 1.95. The van der Waals surface area contributed by atoms with Crippen molar-refractivity contribution < 1.29 is 14.3 Å². The van der Waals surface area contributed by atoms with Crippen molar-refractivity contribution in [2.45, 2.75) is 27.4 Å². The number of hydrogen-bond acceptors (Lipinski definition) is 3. The van der Waals surface area contributed by atoms with Gasteiger partial charge in [0.2, 0.25) is 0 Å². The second kappa shape index (κ2) is 7.64. The molecule has 0 radical (unpaired) electrons. The van der Waals surface area contributed by atoms with Crippen LogP contribution in [0.4, 0.5) is 0 Å². The minimum Gasteiger partial charge on any atom is -0.489 e. The van der Waals surface area contributed by atoms with Crippen molar-refractivity contribution in [1.29, 1.82) is 0 Å². The number of ether oxygens (including phenoxy) is 2. The number of hydrogen-bond donors (Lipinski definition) is 0. The van der Waals surface area contributed by atoms with E-state index in [1.165, 1.54) is 5.56 Å². The molecule has 0 fully saturated rings. The van der Waals surface area contributed by atoms with Gasteiger partial charge < -0.3 is 9.47 Å². The zero-order valence-electron chi connectivity index (χ0n) is 13.3. The molecular formula is C19H22O3. The molecule has 116 valence electrons. The fourth-order valence-corrected chi connectivity index (χ4v) is 1.95. The molecular weight excluding hydrogens is 276 g/mol. The molecule has 3 heteroatoms. The van der Waals surface area contributed by atoms with Crippen molar-refractivity contribution in [3.8, 4) is 5.75 Å². The number of aryl methyl sites for hydroxylation is 1. The van der Waals surface area contributed by atoms with Crippen LogP contribution in [-0.2, 0) is 11.3 Å². The predicted octanol–water partition coefficient (Wildman–Crippen LogP) is 4.39. The monoisotopic (exact) mass is 298 g/mol. The Labute approximate surface area is 131 Å². The summed E-state index contributed by atoms with van der Waals surface area (Å²) in [6.45, 7) is 7.03. The minimum atomic E-state index is -0.292. The van der Waals surface area contributed by atoms with E-state index in [-0.39, 0.29) is 5.97 Å². The topological polar surface area (TPSA) is 35.5 Å². The lowest BCUT2D eigenvalue weighted by Crippen LogP contribution is -2.10. The van der Waals surface area contributed by atoms with Crippen LogP contribution in [-0.4, -0.2) is 12.6 Å². The third-order valence-electron chi connectivity index (χ3n) is 3.29. The zero-order valence-corrected chi connectivity index (χ0v) is 13.3. The first-order chi connectivity index (χ1) is 10.6. The Balaban J connectivity index is 1.92. The van der Waals surface area contributed by atoms with Crippen LogP contribution in [0.3, 0.4) is 0 Å². The first kappa shape index (κ1) is 16.1. The van der Waals surface area contributed by atoms with Gasteiger partial charge in [-0.3, -0.25) is 0 Å². The largest absolute Gasteiger partial charge is 0.489 e. The molecule has 0 amide bonds. The van der Waals surface area contributed by atoms with Crippen LogP contribution in [0.15, 0.2) is 48.5 Å². The second-order valence-electron chi connectivity index (χ2n) is 5.73. The van der Waals surface area contributed by atoms with Gasteiger partial charge in [0, 0.05) is 0 Å². The molecule has 0 atom stereocenters. The Morgan fingerprint density at radius 3 is 2.36 bits per heavy atom. The third-order valence-corrected chi connectivity index (χ3v) is 3.29. The molecule has 0 aliphatic carbocycles. The molecule has 0 N–H and O–H groups in total. The van der Waals surface area contributed by atoms with Gasteiger partial charge in [0.05, 0.1) is 12.2 Å². The number of carbonyl (C=O) groups is 1. The SMILES string of the molecule is Cc1ccccc1COc1ccc(C(=O)OCC(C)C)cc1. The quantitative estimate of drug-likeness (QED) is 0.742. The Bertz CT molecular complexity index is 615. The van der Waals surface area contributed by atoms with Crippen molar-refractivity contribution >= 4 is 5.97 Å². The van der Waals surface area contributed by atoms with Gasteiger partial charge in [-0.05, 0) is 48.2 Å². The van der Waals surface area contributed by atoms with Gasteiger partial charge in [0.1, 0.15) is 12.4 Å². The van der Waals surface area contributed by atoms with E-state index in [1.54, 1.807) is 24.3 Å². The van der Waals surface area contributed by atoms with Gasteiger partial charge in [0.15, 0.2) is 0 Å². The predicted molar refractivity (Wildman–Crippen MR) is 87.1 cm³/mol. The molecule has 22 heavy (non-hydrogen) atoms. The molecule has 2 rings (SSSR count). The lowest BCUT2D eigenvalue weighted by Gasteiger charge is -2.10. The number of benzene rings is 2. The van der Waals surface area contributed by atoms with Gasteiger partial charge in [-0.1, -0.05) is 38.1 Å². The third kappa shape index (κ3) is 4.62. The molecule has 0 aromatic heterocycles.